The van der Waals surface area contributed by atoms with Crippen LogP contribution in [0.25, 0.3) is 11.1 Å². The van der Waals surface area contributed by atoms with Crippen molar-refractivity contribution in [3.8, 4) is 23.0 Å². The standard InChI is InChI=1S/C30H32ClN3/c1-2-16-33(22-24-3-4-24)18-19-34-17-15-26-20-23(6-14-30(26)34)5-12-29-13-9-27(21-32-29)25-7-10-28(31)11-8-25/h6-11,13-15,17,20-21,24,26,30H,2-4,16,18-19,22H2,1H3. The van der Waals surface area contributed by atoms with E-state index in [0.717, 1.165) is 46.4 Å². The summed E-state index contributed by atoms with van der Waals surface area (Å²) < 4.78 is 0. The zero-order valence-electron chi connectivity index (χ0n) is 19.8. The van der Waals surface area contributed by atoms with Gasteiger partial charge in [0.2, 0.25) is 0 Å². The van der Waals surface area contributed by atoms with Gasteiger partial charge in [0.15, 0.2) is 0 Å². The van der Waals surface area contributed by atoms with E-state index in [1.54, 1.807) is 0 Å². The van der Waals surface area contributed by atoms with Gasteiger partial charge in [0.25, 0.3) is 0 Å². The van der Waals surface area contributed by atoms with Gasteiger partial charge in [-0.1, -0.05) is 60.9 Å². The lowest BCUT2D eigenvalue weighted by Gasteiger charge is -2.31. The number of aromatic nitrogens is 1. The van der Waals surface area contributed by atoms with Gasteiger partial charge in [0, 0.05) is 47.9 Å². The minimum absolute atomic E-state index is 0.401. The number of hydrogen-bond donors (Lipinski definition) is 0. The maximum atomic E-state index is 5.99. The first-order valence-electron chi connectivity index (χ1n) is 12.5. The van der Waals surface area contributed by atoms with Crippen LogP contribution in [0.5, 0.6) is 0 Å². The molecule has 34 heavy (non-hydrogen) atoms. The summed E-state index contributed by atoms with van der Waals surface area (Å²) in [6, 6.07) is 12.3. The topological polar surface area (TPSA) is 19.4 Å². The molecule has 1 aliphatic heterocycles. The van der Waals surface area contributed by atoms with Crippen LogP contribution in [0, 0.1) is 23.7 Å². The molecule has 1 saturated carbocycles. The van der Waals surface area contributed by atoms with Crippen LogP contribution in [0.3, 0.4) is 0 Å². The third kappa shape index (κ3) is 5.81. The molecule has 2 aliphatic carbocycles. The predicted molar refractivity (Wildman–Crippen MR) is 141 cm³/mol. The lowest BCUT2D eigenvalue weighted by Crippen LogP contribution is -2.38. The maximum absolute atomic E-state index is 5.99. The van der Waals surface area contributed by atoms with E-state index in [1.165, 1.54) is 32.4 Å². The fourth-order valence-corrected chi connectivity index (χ4v) is 4.89. The molecule has 0 radical (unpaired) electrons. The van der Waals surface area contributed by atoms with Gasteiger partial charge in [-0.25, -0.2) is 4.98 Å². The van der Waals surface area contributed by atoms with E-state index in [-0.39, 0.29) is 0 Å². The number of pyridine rings is 1. The van der Waals surface area contributed by atoms with Crippen molar-refractivity contribution in [1.29, 1.82) is 0 Å². The Morgan fingerprint density at radius 3 is 2.59 bits per heavy atom. The smallest absolute Gasteiger partial charge is 0.113 e. The molecule has 3 aliphatic rings. The lowest BCUT2D eigenvalue weighted by molar-refractivity contribution is 0.216. The van der Waals surface area contributed by atoms with Crippen molar-refractivity contribution in [2.45, 2.75) is 32.2 Å². The molecule has 1 aromatic heterocycles. The summed E-state index contributed by atoms with van der Waals surface area (Å²) in [7, 11) is 0. The van der Waals surface area contributed by atoms with Crippen LogP contribution >= 0.6 is 11.6 Å². The Morgan fingerprint density at radius 1 is 1.03 bits per heavy atom. The van der Waals surface area contributed by atoms with Crippen molar-refractivity contribution in [2.75, 3.05) is 26.2 Å². The van der Waals surface area contributed by atoms with Crippen molar-refractivity contribution in [3.05, 3.63) is 89.4 Å². The number of hydrogen-bond acceptors (Lipinski definition) is 3. The second-order valence-electron chi connectivity index (χ2n) is 9.56. The molecule has 4 heteroatoms. The number of rotatable bonds is 8. The van der Waals surface area contributed by atoms with E-state index in [1.807, 2.05) is 36.5 Å². The lowest BCUT2D eigenvalue weighted by atomic mass is 9.93. The van der Waals surface area contributed by atoms with Gasteiger partial charge in [-0.2, -0.15) is 0 Å². The Hall–Kier alpha value is -2.80. The highest BCUT2D eigenvalue weighted by atomic mass is 35.5. The van der Waals surface area contributed by atoms with E-state index in [4.69, 9.17) is 11.6 Å². The molecule has 0 N–H and O–H groups in total. The molecule has 1 fully saturated rings. The minimum atomic E-state index is 0.401. The number of benzene rings is 1. The van der Waals surface area contributed by atoms with Crippen molar-refractivity contribution < 1.29 is 0 Å². The molecule has 0 amide bonds. The normalized spacial score (nSPS) is 20.8. The van der Waals surface area contributed by atoms with Crippen LogP contribution in [-0.2, 0) is 0 Å². The molecule has 3 nitrogen and oxygen atoms in total. The Balaban J connectivity index is 1.17. The van der Waals surface area contributed by atoms with E-state index >= 15 is 0 Å². The summed E-state index contributed by atoms with van der Waals surface area (Å²) in [5.74, 6) is 7.89. The summed E-state index contributed by atoms with van der Waals surface area (Å²) in [6.45, 7) is 7.02. The average Bonchev–Trinajstić information content (AvgIpc) is 3.59. The van der Waals surface area contributed by atoms with Crippen LogP contribution in [0.4, 0.5) is 0 Å². The third-order valence-electron chi connectivity index (χ3n) is 6.83. The molecular weight excluding hydrogens is 438 g/mol. The summed E-state index contributed by atoms with van der Waals surface area (Å²) in [6.07, 6.45) is 17.3. The highest BCUT2D eigenvalue weighted by Gasteiger charge is 2.29. The Labute approximate surface area is 208 Å². The molecule has 2 atom stereocenters. The quantitative estimate of drug-likeness (QED) is 0.430. The first kappa shape index (κ1) is 23.0. The summed E-state index contributed by atoms with van der Waals surface area (Å²) in [5.41, 5.74) is 4.01. The highest BCUT2D eigenvalue weighted by molar-refractivity contribution is 6.30. The van der Waals surface area contributed by atoms with Gasteiger partial charge in [-0.15, -0.1) is 0 Å². The average molecular weight is 470 g/mol. The zero-order chi connectivity index (χ0) is 23.3. The molecule has 0 bridgehead atoms. The number of fused-ring (bicyclic) bond motifs is 1. The van der Waals surface area contributed by atoms with Crippen LogP contribution in [-0.4, -0.2) is 47.0 Å². The van der Waals surface area contributed by atoms with Crippen molar-refractivity contribution in [2.24, 2.45) is 11.8 Å². The highest BCUT2D eigenvalue weighted by Crippen LogP contribution is 2.31. The predicted octanol–water partition coefficient (Wildman–Crippen LogP) is 6.19. The van der Waals surface area contributed by atoms with E-state index in [9.17, 15) is 0 Å². The fourth-order valence-electron chi connectivity index (χ4n) is 4.76. The second-order valence-corrected chi connectivity index (χ2v) is 10.00. The zero-order valence-corrected chi connectivity index (χ0v) is 20.6. The number of allylic oxidation sites excluding steroid dienone is 2. The van der Waals surface area contributed by atoms with Crippen LogP contribution in [0.2, 0.25) is 5.02 Å². The third-order valence-corrected chi connectivity index (χ3v) is 7.08. The molecule has 174 valence electrons. The van der Waals surface area contributed by atoms with Gasteiger partial charge in [0.05, 0.1) is 6.04 Å². The van der Waals surface area contributed by atoms with Gasteiger partial charge < -0.3 is 9.80 Å². The molecule has 2 unspecified atom stereocenters. The van der Waals surface area contributed by atoms with Gasteiger partial charge in [-0.05, 0) is 73.7 Å². The molecule has 2 aromatic rings. The monoisotopic (exact) mass is 469 g/mol. The van der Waals surface area contributed by atoms with Crippen molar-refractivity contribution in [1.82, 2.24) is 14.8 Å². The molecule has 0 spiro atoms. The number of halogens is 1. The largest absolute Gasteiger partial charge is 0.369 e. The molecular formula is C30H32ClN3. The maximum Gasteiger partial charge on any atom is 0.113 e. The van der Waals surface area contributed by atoms with Crippen LogP contribution in [0.1, 0.15) is 31.9 Å². The molecule has 2 heterocycles. The van der Waals surface area contributed by atoms with E-state index in [0.29, 0.717) is 12.0 Å². The Bertz CT molecular complexity index is 1130. The van der Waals surface area contributed by atoms with Gasteiger partial charge >= 0.3 is 0 Å². The summed E-state index contributed by atoms with van der Waals surface area (Å²) >= 11 is 5.99. The summed E-state index contributed by atoms with van der Waals surface area (Å²) in [5, 5.41) is 0.738. The molecule has 5 rings (SSSR count). The Morgan fingerprint density at radius 2 is 1.85 bits per heavy atom. The molecule has 1 aromatic carbocycles. The van der Waals surface area contributed by atoms with E-state index in [2.05, 4.69) is 70.1 Å². The van der Waals surface area contributed by atoms with Gasteiger partial charge in [0.1, 0.15) is 5.69 Å². The Kier molecular flexibility index (Phi) is 7.19. The van der Waals surface area contributed by atoms with Gasteiger partial charge in [-0.3, -0.25) is 0 Å². The minimum Gasteiger partial charge on any atom is -0.369 e. The second kappa shape index (κ2) is 10.6. The van der Waals surface area contributed by atoms with E-state index < -0.39 is 0 Å². The van der Waals surface area contributed by atoms with Crippen LogP contribution in [0.15, 0.2) is 78.7 Å². The van der Waals surface area contributed by atoms with Crippen LogP contribution < -0.4 is 0 Å². The fraction of sp³-hybridized carbons (Fsp3) is 0.367. The molecule has 0 saturated heterocycles. The SMILES string of the molecule is CCCN(CCN1C=CC2C=C(C#Cc3ccc(-c4ccc(Cl)cc4)cn3)C=CC21)CC1CC1. The van der Waals surface area contributed by atoms with Crippen molar-refractivity contribution >= 4 is 11.6 Å². The first-order valence-corrected chi connectivity index (χ1v) is 12.9. The summed E-state index contributed by atoms with van der Waals surface area (Å²) in [4.78, 5) is 9.69. The van der Waals surface area contributed by atoms with Crippen molar-refractivity contribution in [3.63, 3.8) is 0 Å². The number of nitrogens with zero attached hydrogens (tertiary/aromatic N) is 3. The first-order chi connectivity index (χ1) is 16.7.